The summed E-state index contributed by atoms with van der Waals surface area (Å²) in [6.07, 6.45) is 0.222. The first-order chi connectivity index (χ1) is 9.15. The highest BCUT2D eigenvalue weighted by Crippen LogP contribution is 2.31. The Morgan fingerprint density at radius 1 is 1.53 bits per heavy atom. The van der Waals surface area contributed by atoms with Gasteiger partial charge >= 0.3 is 0 Å². The Morgan fingerprint density at radius 2 is 2.37 bits per heavy atom. The minimum absolute atomic E-state index is 0.0846. The molecule has 19 heavy (non-hydrogen) atoms. The van der Waals surface area contributed by atoms with Gasteiger partial charge in [-0.3, -0.25) is 4.79 Å². The number of amides is 1. The van der Waals surface area contributed by atoms with E-state index in [1.165, 1.54) is 0 Å². The van der Waals surface area contributed by atoms with Gasteiger partial charge < -0.3 is 15.0 Å². The van der Waals surface area contributed by atoms with Gasteiger partial charge in [0.15, 0.2) is 6.10 Å². The Labute approximate surface area is 117 Å². The molecule has 2 aliphatic heterocycles. The van der Waals surface area contributed by atoms with E-state index in [1.807, 2.05) is 17.0 Å². The van der Waals surface area contributed by atoms with E-state index in [9.17, 15) is 4.79 Å². The van der Waals surface area contributed by atoms with E-state index in [2.05, 4.69) is 12.2 Å². The van der Waals surface area contributed by atoms with E-state index in [1.54, 1.807) is 6.07 Å². The zero-order valence-electron chi connectivity index (χ0n) is 10.9. The number of hydrogen-bond donors (Lipinski definition) is 1. The maximum Gasteiger partial charge on any atom is 0.264 e. The third-order valence-corrected chi connectivity index (χ3v) is 3.99. The van der Waals surface area contributed by atoms with Crippen molar-refractivity contribution in [1.29, 1.82) is 0 Å². The molecule has 1 saturated heterocycles. The molecule has 4 nitrogen and oxygen atoms in total. The van der Waals surface area contributed by atoms with E-state index in [4.69, 9.17) is 16.3 Å². The summed E-state index contributed by atoms with van der Waals surface area (Å²) in [7, 11) is 0. The number of rotatable bonds is 1. The SMILES string of the molecule is C[C@H]1CNCCN1C(=O)C1Cc2cc(Cl)ccc2O1. The number of benzene rings is 1. The van der Waals surface area contributed by atoms with Crippen molar-refractivity contribution in [2.75, 3.05) is 19.6 Å². The molecule has 1 amide bonds. The highest BCUT2D eigenvalue weighted by molar-refractivity contribution is 6.30. The average molecular weight is 281 g/mol. The van der Waals surface area contributed by atoms with Crippen LogP contribution in [0.25, 0.3) is 0 Å². The van der Waals surface area contributed by atoms with Crippen LogP contribution in [0.1, 0.15) is 12.5 Å². The smallest absolute Gasteiger partial charge is 0.264 e. The van der Waals surface area contributed by atoms with Crippen molar-refractivity contribution in [3.63, 3.8) is 0 Å². The second-order valence-corrected chi connectivity index (χ2v) is 5.58. The highest BCUT2D eigenvalue weighted by atomic mass is 35.5. The minimum Gasteiger partial charge on any atom is -0.480 e. The Kier molecular flexibility index (Phi) is 3.37. The fourth-order valence-electron chi connectivity index (χ4n) is 2.71. The molecule has 1 fully saturated rings. The fourth-order valence-corrected chi connectivity index (χ4v) is 2.90. The summed E-state index contributed by atoms with van der Waals surface area (Å²) in [5.41, 5.74) is 1.02. The third-order valence-electron chi connectivity index (χ3n) is 3.76. The number of fused-ring (bicyclic) bond motifs is 1. The Balaban J connectivity index is 1.73. The molecule has 3 rings (SSSR count). The van der Waals surface area contributed by atoms with Crippen LogP contribution in [0, 0.1) is 0 Å². The van der Waals surface area contributed by atoms with Crippen molar-refractivity contribution in [1.82, 2.24) is 10.2 Å². The van der Waals surface area contributed by atoms with Crippen LogP contribution in [0.15, 0.2) is 18.2 Å². The molecule has 0 spiro atoms. The summed E-state index contributed by atoms with van der Waals surface area (Å²) < 4.78 is 5.76. The zero-order valence-corrected chi connectivity index (χ0v) is 11.6. The lowest BCUT2D eigenvalue weighted by Gasteiger charge is -2.35. The molecule has 5 heteroatoms. The fraction of sp³-hybridized carbons (Fsp3) is 0.500. The van der Waals surface area contributed by atoms with Gasteiger partial charge in [-0.2, -0.15) is 0 Å². The maximum atomic E-state index is 12.5. The monoisotopic (exact) mass is 280 g/mol. The predicted molar refractivity (Wildman–Crippen MR) is 73.6 cm³/mol. The Hall–Kier alpha value is -1.26. The molecule has 0 bridgehead atoms. The molecular formula is C14H17ClN2O2. The number of halogens is 1. The van der Waals surface area contributed by atoms with Gasteiger partial charge in [0, 0.05) is 37.1 Å². The number of nitrogens with one attached hydrogen (secondary N) is 1. The molecule has 1 unspecified atom stereocenters. The highest BCUT2D eigenvalue weighted by Gasteiger charge is 2.35. The molecule has 1 N–H and O–H groups in total. The first-order valence-electron chi connectivity index (χ1n) is 6.61. The largest absolute Gasteiger partial charge is 0.480 e. The van der Waals surface area contributed by atoms with Crippen LogP contribution >= 0.6 is 11.6 Å². The maximum absolute atomic E-state index is 12.5. The lowest BCUT2D eigenvalue weighted by atomic mass is 10.1. The van der Waals surface area contributed by atoms with E-state index < -0.39 is 6.10 Å². The van der Waals surface area contributed by atoms with Gasteiger partial charge in [0.2, 0.25) is 0 Å². The van der Waals surface area contributed by atoms with E-state index in [-0.39, 0.29) is 11.9 Å². The lowest BCUT2D eigenvalue weighted by Crippen LogP contribution is -2.55. The quantitative estimate of drug-likeness (QED) is 0.847. The van der Waals surface area contributed by atoms with Crippen LogP contribution in [0.2, 0.25) is 5.02 Å². The van der Waals surface area contributed by atoms with Gasteiger partial charge in [-0.25, -0.2) is 0 Å². The van der Waals surface area contributed by atoms with Crippen molar-refractivity contribution >= 4 is 17.5 Å². The van der Waals surface area contributed by atoms with Crippen molar-refractivity contribution in [3.8, 4) is 5.75 Å². The van der Waals surface area contributed by atoms with E-state index >= 15 is 0 Å². The molecule has 0 saturated carbocycles. The normalized spacial score (nSPS) is 25.9. The van der Waals surface area contributed by atoms with Crippen molar-refractivity contribution in [2.45, 2.75) is 25.5 Å². The second kappa shape index (κ2) is 5.02. The molecule has 0 radical (unpaired) electrons. The van der Waals surface area contributed by atoms with Gasteiger partial charge in [-0.1, -0.05) is 11.6 Å². The number of nitrogens with zero attached hydrogens (tertiary/aromatic N) is 1. The molecule has 1 aromatic rings. The van der Waals surface area contributed by atoms with Gasteiger partial charge in [-0.05, 0) is 30.7 Å². The predicted octanol–water partition coefficient (Wildman–Crippen LogP) is 1.46. The summed E-state index contributed by atoms with van der Waals surface area (Å²) in [5.74, 6) is 0.867. The van der Waals surface area contributed by atoms with Crippen LogP contribution in [-0.2, 0) is 11.2 Å². The molecule has 102 valence electrons. The number of piperazine rings is 1. The van der Waals surface area contributed by atoms with Crippen LogP contribution in [0.5, 0.6) is 5.75 Å². The zero-order chi connectivity index (χ0) is 13.4. The van der Waals surface area contributed by atoms with Gasteiger partial charge in [0.25, 0.3) is 5.91 Å². The number of ether oxygens (including phenoxy) is 1. The van der Waals surface area contributed by atoms with E-state index in [0.29, 0.717) is 11.4 Å². The summed E-state index contributed by atoms with van der Waals surface area (Å²) >= 11 is 5.96. The molecular weight excluding hydrogens is 264 g/mol. The number of hydrogen-bond acceptors (Lipinski definition) is 3. The first-order valence-corrected chi connectivity index (χ1v) is 6.99. The average Bonchev–Trinajstić information content (AvgIpc) is 2.81. The van der Waals surface area contributed by atoms with Gasteiger partial charge in [0.05, 0.1) is 0 Å². The van der Waals surface area contributed by atoms with Gasteiger partial charge in [0.1, 0.15) is 5.75 Å². The number of carbonyl (C=O) groups is 1. The minimum atomic E-state index is -0.394. The Morgan fingerprint density at radius 3 is 3.16 bits per heavy atom. The molecule has 2 aliphatic rings. The molecule has 0 aromatic heterocycles. The van der Waals surface area contributed by atoms with Crippen molar-refractivity contribution in [3.05, 3.63) is 28.8 Å². The number of carbonyl (C=O) groups excluding carboxylic acids is 1. The second-order valence-electron chi connectivity index (χ2n) is 5.15. The summed E-state index contributed by atoms with van der Waals surface area (Å²) in [6, 6.07) is 5.73. The molecule has 2 heterocycles. The summed E-state index contributed by atoms with van der Waals surface area (Å²) in [4.78, 5) is 14.4. The van der Waals surface area contributed by atoms with Crippen molar-refractivity contribution in [2.24, 2.45) is 0 Å². The Bertz CT molecular complexity index is 506. The van der Waals surface area contributed by atoms with Crippen LogP contribution in [0.3, 0.4) is 0 Å². The first kappa shape index (κ1) is 12.8. The summed E-state index contributed by atoms with van der Waals surface area (Å²) in [5, 5.41) is 3.97. The van der Waals surface area contributed by atoms with Crippen LogP contribution in [-0.4, -0.2) is 42.6 Å². The lowest BCUT2D eigenvalue weighted by molar-refractivity contribution is -0.140. The topological polar surface area (TPSA) is 41.6 Å². The van der Waals surface area contributed by atoms with Crippen LogP contribution in [0.4, 0.5) is 0 Å². The molecule has 1 aromatic carbocycles. The van der Waals surface area contributed by atoms with Crippen molar-refractivity contribution < 1.29 is 9.53 Å². The van der Waals surface area contributed by atoms with Crippen LogP contribution < -0.4 is 10.1 Å². The molecule has 0 aliphatic carbocycles. The third kappa shape index (κ3) is 2.42. The summed E-state index contributed by atoms with van der Waals surface area (Å²) in [6.45, 7) is 4.50. The molecule has 2 atom stereocenters. The van der Waals surface area contributed by atoms with E-state index in [0.717, 1.165) is 30.9 Å². The standard InChI is InChI=1S/C14H17ClN2O2/c1-9-8-16-4-5-17(9)14(18)13-7-10-6-11(15)2-3-12(10)19-13/h2-3,6,9,13,16H,4-5,7-8H2,1H3/t9-,13?/m0/s1. The van der Waals surface area contributed by atoms with Gasteiger partial charge in [-0.15, -0.1) is 0 Å².